The maximum atomic E-state index is 5.79. The maximum Gasteiger partial charge on any atom is 0.161 e. The number of rotatable bonds is 6. The van der Waals surface area contributed by atoms with Crippen LogP contribution in [-0.4, -0.2) is 25.9 Å². The minimum Gasteiger partial charge on any atom is -0.493 e. The van der Waals surface area contributed by atoms with Gasteiger partial charge in [-0.05, 0) is 30.2 Å². The van der Waals surface area contributed by atoms with Gasteiger partial charge in [0.15, 0.2) is 16.7 Å². The molecule has 104 valence electrons. The quantitative estimate of drug-likeness (QED) is 0.494. The van der Waals surface area contributed by atoms with Gasteiger partial charge in [0.1, 0.15) is 0 Å². The van der Waals surface area contributed by atoms with Crippen LogP contribution in [0.3, 0.4) is 0 Å². The molecule has 0 aromatic heterocycles. The smallest absolute Gasteiger partial charge is 0.161 e. The molecule has 0 spiro atoms. The van der Waals surface area contributed by atoms with Crippen molar-refractivity contribution in [1.29, 1.82) is 0 Å². The first-order valence-corrected chi connectivity index (χ1v) is 6.86. The number of aryl methyl sites for hydroxylation is 1. The number of amidine groups is 1. The highest BCUT2D eigenvalue weighted by Crippen LogP contribution is 2.31. The zero-order valence-electron chi connectivity index (χ0n) is 11.6. The van der Waals surface area contributed by atoms with Crippen molar-refractivity contribution in [2.24, 2.45) is 10.7 Å². The fourth-order valence-electron chi connectivity index (χ4n) is 1.53. The summed E-state index contributed by atoms with van der Waals surface area (Å²) in [6, 6.07) is 3.94. The third-order valence-corrected chi connectivity index (χ3v) is 3.47. The molecule has 0 unspecified atom stereocenters. The van der Waals surface area contributed by atoms with Crippen molar-refractivity contribution >= 4 is 16.9 Å². The van der Waals surface area contributed by atoms with E-state index in [0.717, 1.165) is 28.4 Å². The Kier molecular flexibility index (Phi) is 6.29. The zero-order chi connectivity index (χ0) is 14.3. The Balaban J connectivity index is 2.81. The number of methoxy groups -OCH3 is 2. The van der Waals surface area contributed by atoms with Gasteiger partial charge in [-0.15, -0.1) is 6.58 Å². The monoisotopic (exact) mass is 280 g/mol. The van der Waals surface area contributed by atoms with Crippen molar-refractivity contribution in [3.05, 3.63) is 35.9 Å². The topological polar surface area (TPSA) is 56.8 Å². The van der Waals surface area contributed by atoms with E-state index in [4.69, 9.17) is 15.2 Å². The molecule has 0 saturated heterocycles. The number of nitrogens with two attached hydrogens (primary N) is 1. The van der Waals surface area contributed by atoms with E-state index in [0.29, 0.717) is 11.7 Å². The van der Waals surface area contributed by atoms with Crippen LogP contribution in [0.15, 0.2) is 29.8 Å². The molecule has 5 heteroatoms. The van der Waals surface area contributed by atoms with Crippen LogP contribution in [0.2, 0.25) is 0 Å². The van der Waals surface area contributed by atoms with Crippen LogP contribution < -0.4 is 15.2 Å². The van der Waals surface area contributed by atoms with Gasteiger partial charge in [0.25, 0.3) is 0 Å². The Bertz CT molecular complexity index is 473. The van der Waals surface area contributed by atoms with E-state index < -0.39 is 0 Å². The molecule has 1 rings (SSSR count). The highest BCUT2D eigenvalue weighted by Gasteiger charge is 2.09. The minimum atomic E-state index is 0.545. The summed E-state index contributed by atoms with van der Waals surface area (Å²) in [6.45, 7) is 6.19. The van der Waals surface area contributed by atoms with Crippen LogP contribution in [0, 0.1) is 6.92 Å². The first kappa shape index (κ1) is 15.4. The molecule has 0 amide bonds. The molecular weight excluding hydrogens is 260 g/mol. The Morgan fingerprint density at radius 2 is 2.00 bits per heavy atom. The molecule has 1 aromatic rings. The lowest BCUT2D eigenvalue weighted by molar-refractivity contribution is 0.354. The highest BCUT2D eigenvalue weighted by molar-refractivity contribution is 8.13. The van der Waals surface area contributed by atoms with Crippen molar-refractivity contribution in [1.82, 2.24) is 0 Å². The van der Waals surface area contributed by atoms with Crippen molar-refractivity contribution in [2.75, 3.05) is 20.8 Å². The van der Waals surface area contributed by atoms with Crippen LogP contribution >= 0.6 is 11.8 Å². The normalized spacial score (nSPS) is 11.2. The number of nitrogens with zero attached hydrogens (tertiary/aromatic N) is 1. The Labute approximate surface area is 118 Å². The second-order valence-electron chi connectivity index (χ2n) is 3.89. The van der Waals surface area contributed by atoms with Crippen LogP contribution in [0.25, 0.3) is 0 Å². The van der Waals surface area contributed by atoms with Gasteiger partial charge >= 0.3 is 0 Å². The molecular formula is C14H20N2O2S. The van der Waals surface area contributed by atoms with Crippen molar-refractivity contribution in [3.8, 4) is 11.5 Å². The lowest BCUT2D eigenvalue weighted by Gasteiger charge is -2.12. The summed E-state index contributed by atoms with van der Waals surface area (Å²) in [5, 5.41) is 0.564. The van der Waals surface area contributed by atoms with Gasteiger partial charge in [-0.3, -0.25) is 4.99 Å². The molecule has 0 saturated carbocycles. The molecule has 0 radical (unpaired) electrons. The summed E-state index contributed by atoms with van der Waals surface area (Å²) in [5.74, 6) is 2.21. The molecule has 0 aliphatic heterocycles. The lowest BCUT2D eigenvalue weighted by Crippen LogP contribution is -2.07. The SMILES string of the molecule is C=CCN=C(N)SCc1cc(OC)c(OC)cc1C. The maximum absolute atomic E-state index is 5.79. The summed E-state index contributed by atoms with van der Waals surface area (Å²) in [4.78, 5) is 4.15. The van der Waals surface area contributed by atoms with Crippen LogP contribution in [0.1, 0.15) is 11.1 Å². The van der Waals surface area contributed by atoms with Crippen LogP contribution in [0.5, 0.6) is 11.5 Å². The second kappa shape index (κ2) is 7.74. The molecule has 0 aliphatic carbocycles. The first-order valence-electron chi connectivity index (χ1n) is 5.87. The third kappa shape index (κ3) is 4.52. The summed E-state index contributed by atoms with van der Waals surface area (Å²) in [6.07, 6.45) is 1.72. The Morgan fingerprint density at radius 1 is 1.37 bits per heavy atom. The van der Waals surface area contributed by atoms with Gasteiger partial charge in [-0.2, -0.15) is 0 Å². The number of hydrogen-bond donors (Lipinski definition) is 1. The first-order chi connectivity index (χ1) is 9.12. The molecule has 0 fully saturated rings. The van der Waals surface area contributed by atoms with Gasteiger partial charge in [0.2, 0.25) is 0 Å². The molecule has 4 nitrogen and oxygen atoms in total. The largest absolute Gasteiger partial charge is 0.493 e. The molecule has 0 heterocycles. The van der Waals surface area contributed by atoms with E-state index in [1.54, 1.807) is 20.3 Å². The van der Waals surface area contributed by atoms with Gasteiger partial charge < -0.3 is 15.2 Å². The Hall–Kier alpha value is -1.62. The Morgan fingerprint density at radius 3 is 2.58 bits per heavy atom. The lowest BCUT2D eigenvalue weighted by atomic mass is 10.1. The average molecular weight is 280 g/mol. The van der Waals surface area contributed by atoms with Gasteiger partial charge in [0, 0.05) is 5.75 Å². The van der Waals surface area contributed by atoms with Crippen molar-refractivity contribution in [2.45, 2.75) is 12.7 Å². The molecule has 0 bridgehead atoms. The van der Waals surface area contributed by atoms with E-state index >= 15 is 0 Å². The van der Waals surface area contributed by atoms with E-state index in [-0.39, 0.29) is 0 Å². The standard InChI is InChI=1S/C14H20N2O2S/c1-5-6-16-14(15)19-9-11-8-13(18-4)12(17-3)7-10(11)2/h5,7-8H,1,6,9H2,2-4H3,(H2,15,16). The van der Waals surface area contributed by atoms with E-state index in [2.05, 4.69) is 11.6 Å². The number of aliphatic imine (C=N–C) groups is 1. The van der Waals surface area contributed by atoms with Gasteiger partial charge in [-0.1, -0.05) is 17.8 Å². The summed E-state index contributed by atoms with van der Waals surface area (Å²) >= 11 is 1.50. The van der Waals surface area contributed by atoms with Crippen LogP contribution in [0.4, 0.5) is 0 Å². The highest BCUT2D eigenvalue weighted by atomic mass is 32.2. The molecule has 0 atom stereocenters. The number of benzene rings is 1. The number of hydrogen-bond acceptors (Lipinski definition) is 4. The molecule has 19 heavy (non-hydrogen) atoms. The number of thioether (sulfide) groups is 1. The predicted molar refractivity (Wildman–Crippen MR) is 82.3 cm³/mol. The fraction of sp³-hybridized carbons (Fsp3) is 0.357. The van der Waals surface area contributed by atoms with E-state index in [1.165, 1.54) is 11.8 Å². The summed E-state index contributed by atoms with van der Waals surface area (Å²) < 4.78 is 10.6. The second-order valence-corrected chi connectivity index (χ2v) is 4.89. The van der Waals surface area contributed by atoms with Gasteiger partial charge in [-0.25, -0.2) is 0 Å². The predicted octanol–water partition coefficient (Wildman–Crippen LogP) is 2.75. The molecule has 1 aromatic carbocycles. The van der Waals surface area contributed by atoms with E-state index in [1.807, 2.05) is 19.1 Å². The molecule has 2 N–H and O–H groups in total. The number of ether oxygens (including phenoxy) is 2. The minimum absolute atomic E-state index is 0.545. The third-order valence-electron chi connectivity index (χ3n) is 2.59. The average Bonchev–Trinajstić information content (AvgIpc) is 2.43. The summed E-state index contributed by atoms with van der Waals surface area (Å²) in [5.41, 5.74) is 8.09. The van der Waals surface area contributed by atoms with Gasteiger partial charge in [0.05, 0.1) is 20.8 Å². The van der Waals surface area contributed by atoms with Crippen LogP contribution in [-0.2, 0) is 5.75 Å². The summed E-state index contributed by atoms with van der Waals surface area (Å²) in [7, 11) is 3.26. The van der Waals surface area contributed by atoms with E-state index in [9.17, 15) is 0 Å². The molecule has 0 aliphatic rings. The fourth-order valence-corrected chi connectivity index (χ4v) is 2.31. The van der Waals surface area contributed by atoms with Crippen molar-refractivity contribution < 1.29 is 9.47 Å². The zero-order valence-corrected chi connectivity index (χ0v) is 12.4. The van der Waals surface area contributed by atoms with Crippen molar-refractivity contribution in [3.63, 3.8) is 0 Å².